The van der Waals surface area contributed by atoms with E-state index in [1.165, 1.54) is 0 Å². The van der Waals surface area contributed by atoms with Crippen LogP contribution in [0.2, 0.25) is 0 Å². The standard InChI is InChI=1S/C54H64N10O6/c1-7-21-63(53(67)51(35-15-11-9-12-16-35)59-47(65)19-23-61(3)4)31-45-55-29-41(57-45)37-25-39-33-70-44-28-38(26-40-34-69-43(27-37)49(39)50(40)44)42-30-56-46(58-42)32-64(22-8-2)54(68)52(36-17-13-10-14-18-36)60-48(66)20-24-62(5)6/h9-18,25-30,51-52H,7-8,19-24,31-34H2,1-6H3,(H,55,57)(H,56,58)(H,59,65)(H,60,66)/t51-,52-/m1/s1. The third-order valence-electron chi connectivity index (χ3n) is 12.5. The van der Waals surface area contributed by atoms with Gasteiger partial charge >= 0.3 is 0 Å². The Kier molecular flexibility index (Phi) is 15.7. The van der Waals surface area contributed by atoms with Crippen molar-refractivity contribution in [2.45, 2.75) is 77.9 Å². The Morgan fingerprint density at radius 3 is 1.36 bits per heavy atom. The molecule has 16 nitrogen and oxygen atoms in total. The molecule has 6 aromatic rings. The van der Waals surface area contributed by atoms with Gasteiger partial charge in [0, 0.05) is 72.4 Å². The molecular formula is C54H64N10O6. The molecule has 2 aliphatic rings. The second-order valence-corrected chi connectivity index (χ2v) is 18.5. The maximum absolute atomic E-state index is 14.2. The summed E-state index contributed by atoms with van der Waals surface area (Å²) >= 11 is 0. The number of rotatable bonds is 22. The third-order valence-corrected chi connectivity index (χ3v) is 12.5. The summed E-state index contributed by atoms with van der Waals surface area (Å²) < 4.78 is 13.0. The summed E-state index contributed by atoms with van der Waals surface area (Å²) in [6, 6.07) is 25.3. The van der Waals surface area contributed by atoms with E-state index in [1.807, 2.05) is 125 Å². The highest BCUT2D eigenvalue weighted by molar-refractivity contribution is 5.91. The number of aromatic nitrogens is 4. The van der Waals surface area contributed by atoms with Gasteiger partial charge in [-0.1, -0.05) is 74.5 Å². The minimum Gasteiger partial charge on any atom is -0.488 e. The van der Waals surface area contributed by atoms with Gasteiger partial charge in [-0.2, -0.15) is 0 Å². The van der Waals surface area contributed by atoms with Gasteiger partial charge in [0.15, 0.2) is 0 Å². The number of H-pyrrole nitrogens is 2. The lowest BCUT2D eigenvalue weighted by Gasteiger charge is -2.30. The van der Waals surface area contributed by atoms with Gasteiger partial charge in [0.25, 0.3) is 0 Å². The number of benzene rings is 4. The molecule has 0 radical (unpaired) electrons. The third kappa shape index (κ3) is 11.6. The van der Waals surface area contributed by atoms with E-state index in [2.05, 4.69) is 32.7 Å². The van der Waals surface area contributed by atoms with E-state index in [1.54, 1.807) is 22.2 Å². The van der Waals surface area contributed by atoms with Gasteiger partial charge in [0.2, 0.25) is 23.6 Å². The molecule has 0 saturated carbocycles. The Morgan fingerprint density at radius 1 is 0.586 bits per heavy atom. The molecule has 0 unspecified atom stereocenters. The molecule has 0 aliphatic carbocycles. The van der Waals surface area contributed by atoms with Gasteiger partial charge in [-0.25, -0.2) is 9.97 Å². The molecule has 70 heavy (non-hydrogen) atoms. The van der Waals surface area contributed by atoms with E-state index in [9.17, 15) is 19.2 Å². The van der Waals surface area contributed by atoms with Gasteiger partial charge in [-0.05, 0) is 76.4 Å². The Balaban J connectivity index is 0.980. The van der Waals surface area contributed by atoms with Crippen LogP contribution in [0.5, 0.6) is 11.5 Å². The molecule has 4 amide bonds. The summed E-state index contributed by atoms with van der Waals surface area (Å²) in [7, 11) is 7.65. The quantitative estimate of drug-likeness (QED) is 0.0553. The number of hydrogen-bond donors (Lipinski definition) is 4. The van der Waals surface area contributed by atoms with E-state index in [4.69, 9.17) is 19.4 Å². The average Bonchev–Trinajstić information content (AvgIpc) is 4.05. The van der Waals surface area contributed by atoms with E-state index in [0.717, 1.165) is 80.2 Å². The summed E-state index contributed by atoms with van der Waals surface area (Å²) in [5, 5.41) is 6.00. The Morgan fingerprint density at radius 2 is 0.986 bits per heavy atom. The summed E-state index contributed by atoms with van der Waals surface area (Å²) in [5.74, 6) is 1.96. The molecular weight excluding hydrogens is 885 g/mol. The Labute approximate surface area is 409 Å². The van der Waals surface area contributed by atoms with Crippen molar-refractivity contribution in [2.75, 3.05) is 54.4 Å². The summed E-state index contributed by atoms with van der Waals surface area (Å²) in [6.07, 6.45) is 5.56. The van der Waals surface area contributed by atoms with Crippen LogP contribution in [0.15, 0.2) is 97.3 Å². The molecule has 0 spiro atoms. The zero-order valence-electron chi connectivity index (χ0n) is 41.0. The van der Waals surface area contributed by atoms with Gasteiger partial charge in [0.05, 0.1) is 36.9 Å². The van der Waals surface area contributed by atoms with Crippen molar-refractivity contribution < 1.29 is 28.7 Å². The van der Waals surface area contributed by atoms with Crippen molar-refractivity contribution in [1.82, 2.24) is 50.2 Å². The Hall–Kier alpha value is -7.30. The van der Waals surface area contributed by atoms with Crippen LogP contribution in [0.4, 0.5) is 0 Å². The number of hydrogen-bond acceptors (Lipinski definition) is 10. The van der Waals surface area contributed by atoms with Crippen molar-refractivity contribution in [3.8, 4) is 45.1 Å². The first-order valence-electron chi connectivity index (χ1n) is 24.1. The van der Waals surface area contributed by atoms with Crippen molar-refractivity contribution in [1.29, 1.82) is 0 Å². The summed E-state index contributed by atoms with van der Waals surface area (Å²) in [5.41, 5.74) is 8.72. The first-order valence-corrected chi connectivity index (χ1v) is 24.1. The minimum atomic E-state index is -0.832. The van der Waals surface area contributed by atoms with E-state index >= 15 is 0 Å². The molecule has 4 aromatic carbocycles. The van der Waals surface area contributed by atoms with Gasteiger partial charge in [-0.15, -0.1) is 0 Å². The topological polar surface area (TPSA) is 181 Å². The van der Waals surface area contributed by atoms with Crippen LogP contribution in [0.3, 0.4) is 0 Å². The number of carbonyl (C=O) groups is 4. The van der Waals surface area contributed by atoms with Crippen molar-refractivity contribution >= 4 is 23.6 Å². The van der Waals surface area contributed by atoms with Crippen LogP contribution in [-0.2, 0) is 45.5 Å². The largest absolute Gasteiger partial charge is 0.488 e. The minimum absolute atomic E-state index is 0.188. The highest BCUT2D eigenvalue weighted by Gasteiger charge is 2.32. The number of imidazole rings is 2. The molecule has 0 fully saturated rings. The second kappa shape index (κ2) is 22.4. The first-order chi connectivity index (χ1) is 33.9. The van der Waals surface area contributed by atoms with Crippen LogP contribution < -0.4 is 20.1 Å². The highest BCUT2D eigenvalue weighted by Crippen LogP contribution is 2.50. The molecule has 4 heterocycles. The van der Waals surface area contributed by atoms with Crippen LogP contribution in [-0.4, -0.2) is 118 Å². The lowest BCUT2D eigenvalue weighted by molar-refractivity contribution is -0.137. The fourth-order valence-electron chi connectivity index (χ4n) is 8.95. The number of nitrogens with zero attached hydrogens (tertiary/aromatic N) is 6. The number of nitrogens with one attached hydrogen (secondary N) is 4. The molecule has 16 heteroatoms. The maximum atomic E-state index is 14.2. The normalized spacial score (nSPS) is 13.2. The van der Waals surface area contributed by atoms with Crippen LogP contribution >= 0.6 is 0 Å². The Bertz CT molecular complexity index is 2550. The van der Waals surface area contributed by atoms with Gasteiger partial charge < -0.3 is 49.7 Å². The number of aromatic amines is 2. The molecule has 0 saturated heterocycles. The van der Waals surface area contributed by atoms with Crippen molar-refractivity contribution in [2.24, 2.45) is 0 Å². The molecule has 2 aliphatic heterocycles. The molecule has 2 aromatic heterocycles. The van der Waals surface area contributed by atoms with E-state index in [-0.39, 0.29) is 49.6 Å². The molecule has 0 bridgehead atoms. The molecule has 2 atom stereocenters. The van der Waals surface area contributed by atoms with Gasteiger partial charge in [-0.3, -0.25) is 19.2 Å². The lowest BCUT2D eigenvalue weighted by Crippen LogP contribution is -2.43. The van der Waals surface area contributed by atoms with Crippen LogP contribution in [0.1, 0.15) is 85.5 Å². The van der Waals surface area contributed by atoms with Crippen molar-refractivity contribution in [3.63, 3.8) is 0 Å². The fourth-order valence-corrected chi connectivity index (χ4v) is 8.95. The number of amides is 4. The first kappa shape index (κ1) is 49.1. The second-order valence-electron chi connectivity index (χ2n) is 18.5. The van der Waals surface area contributed by atoms with E-state index < -0.39 is 12.1 Å². The SMILES string of the molecule is CCCN(Cc1ncc(-c2cc3c4c(c2)OCc2cc(-c5cnc(CN(CCC)C(=O)[C@H](NC(=O)CCN(C)C)c6ccccc6)[nH]5)cc(c2-4)OC3)[nH]1)C(=O)[C@H](NC(=O)CCN(C)C)c1ccccc1. The van der Waals surface area contributed by atoms with Crippen molar-refractivity contribution in [3.05, 3.63) is 131 Å². The zero-order valence-corrected chi connectivity index (χ0v) is 41.0. The number of carbonyl (C=O) groups excluding carboxylic acids is 4. The van der Waals surface area contributed by atoms with E-state index in [0.29, 0.717) is 51.0 Å². The van der Waals surface area contributed by atoms with Crippen LogP contribution in [0.25, 0.3) is 33.6 Å². The highest BCUT2D eigenvalue weighted by atomic mass is 16.5. The maximum Gasteiger partial charge on any atom is 0.250 e. The summed E-state index contributed by atoms with van der Waals surface area (Å²) in [4.78, 5) is 78.2. The predicted octanol–water partition coefficient (Wildman–Crippen LogP) is 7.01. The predicted molar refractivity (Wildman–Crippen MR) is 268 cm³/mol. The zero-order chi connectivity index (χ0) is 49.3. The monoisotopic (exact) mass is 949 g/mol. The molecule has 366 valence electrons. The fraction of sp³-hybridized carbons (Fsp3) is 0.370. The molecule has 4 N–H and O–H groups in total. The van der Waals surface area contributed by atoms with Crippen LogP contribution in [0, 0.1) is 0 Å². The average molecular weight is 949 g/mol. The number of ether oxygens (including phenoxy) is 2. The summed E-state index contributed by atoms with van der Waals surface area (Å²) in [6.45, 7) is 7.28. The van der Waals surface area contributed by atoms with Gasteiger partial charge in [0.1, 0.15) is 48.4 Å². The molecule has 8 rings (SSSR count). The smallest absolute Gasteiger partial charge is 0.250 e. The lowest BCUT2D eigenvalue weighted by atomic mass is 9.87.